The summed E-state index contributed by atoms with van der Waals surface area (Å²) in [6.07, 6.45) is -13.4. The van der Waals surface area contributed by atoms with E-state index in [0.29, 0.717) is 0 Å². The molecule has 0 aromatic carbocycles. The fraction of sp³-hybridized carbons (Fsp3) is 1.00. The summed E-state index contributed by atoms with van der Waals surface area (Å²) in [5.74, 6) is -5.73. The zero-order valence-corrected chi connectivity index (χ0v) is 10.6. The first kappa shape index (κ1) is 18.3. The summed E-state index contributed by atoms with van der Waals surface area (Å²) in [5, 5.41) is 0. The summed E-state index contributed by atoms with van der Waals surface area (Å²) in [6, 6.07) is 0. The zero-order valence-electron chi connectivity index (χ0n) is 8.31. The van der Waals surface area contributed by atoms with Crippen molar-refractivity contribution in [1.82, 2.24) is 0 Å². The molecule has 18 heavy (non-hydrogen) atoms. The van der Waals surface area contributed by atoms with E-state index in [4.69, 9.17) is 34.8 Å². The first-order valence-electron chi connectivity index (χ1n) is 4.24. The molecule has 0 aliphatic heterocycles. The Labute approximate surface area is 112 Å². The highest BCUT2D eigenvalue weighted by Gasteiger charge is 2.74. The normalized spacial score (nSPS) is 15.0. The Hall–Kier alpha value is 0.340. The van der Waals surface area contributed by atoms with Gasteiger partial charge in [-0.3, -0.25) is 0 Å². The monoisotopic (exact) mass is 344 g/mol. The summed E-state index contributed by atoms with van der Waals surface area (Å²) in [7, 11) is 0. The van der Waals surface area contributed by atoms with Gasteiger partial charge in [0.25, 0.3) is 0 Å². The van der Waals surface area contributed by atoms with Crippen LogP contribution in [0.5, 0.6) is 0 Å². The highest BCUT2D eigenvalue weighted by molar-refractivity contribution is 6.67. The fourth-order valence-electron chi connectivity index (χ4n) is 0.810. The molecule has 0 radical (unpaired) electrons. The number of alkyl halides is 10. The minimum Gasteiger partial charge on any atom is -0.332 e. The van der Waals surface area contributed by atoms with Crippen LogP contribution in [0.4, 0.5) is 30.7 Å². The van der Waals surface area contributed by atoms with Crippen LogP contribution >= 0.6 is 34.8 Å². The topological polar surface area (TPSA) is 9.23 Å². The Morgan fingerprint density at radius 3 is 1.44 bits per heavy atom. The molecular weight excluding hydrogens is 339 g/mol. The largest absolute Gasteiger partial charge is 0.458 e. The molecule has 0 heterocycles. The van der Waals surface area contributed by atoms with Gasteiger partial charge in [0.2, 0.25) is 0 Å². The number of halogens is 10. The zero-order chi connectivity index (χ0) is 14.8. The Kier molecular flexibility index (Phi) is 5.87. The van der Waals surface area contributed by atoms with Crippen LogP contribution in [0.1, 0.15) is 12.8 Å². The van der Waals surface area contributed by atoms with Crippen molar-refractivity contribution in [2.24, 2.45) is 0 Å². The van der Waals surface area contributed by atoms with Crippen LogP contribution in [-0.4, -0.2) is 28.6 Å². The first-order valence-corrected chi connectivity index (χ1v) is 5.37. The van der Waals surface area contributed by atoms with Crippen LogP contribution in [-0.2, 0) is 4.74 Å². The lowest BCUT2D eigenvalue weighted by Crippen LogP contribution is -2.55. The summed E-state index contributed by atoms with van der Waals surface area (Å²) in [4.78, 5) is 0. The Balaban J connectivity index is 4.58. The molecule has 0 unspecified atom stereocenters. The third kappa shape index (κ3) is 5.14. The van der Waals surface area contributed by atoms with E-state index in [-0.39, 0.29) is 6.42 Å². The Bertz CT molecular complexity index is 256. The lowest BCUT2D eigenvalue weighted by Gasteiger charge is -2.29. The van der Waals surface area contributed by atoms with Crippen LogP contribution in [0.25, 0.3) is 0 Å². The fourth-order valence-corrected chi connectivity index (χ4v) is 1.21. The standard InChI is InChI=1S/C7H6Cl3F7O/c8-4(9,10)2-1-3-18-5(11,6(12,13)14)7(15,16)17/h1-3H2. The molecule has 0 saturated carbocycles. The average Bonchev–Trinajstić information content (AvgIpc) is 2.06. The van der Waals surface area contributed by atoms with Gasteiger partial charge in [0.1, 0.15) is 0 Å². The van der Waals surface area contributed by atoms with Crippen molar-refractivity contribution in [3.63, 3.8) is 0 Å². The third-order valence-electron chi connectivity index (χ3n) is 1.63. The third-order valence-corrected chi connectivity index (χ3v) is 2.20. The summed E-state index contributed by atoms with van der Waals surface area (Å²) in [5.41, 5.74) is 0. The maximum atomic E-state index is 12.9. The van der Waals surface area contributed by atoms with E-state index in [1.54, 1.807) is 0 Å². The predicted molar refractivity (Wildman–Crippen MR) is 51.4 cm³/mol. The van der Waals surface area contributed by atoms with Crippen molar-refractivity contribution < 1.29 is 35.5 Å². The molecule has 0 aromatic rings. The number of hydrogen-bond acceptors (Lipinski definition) is 1. The minimum atomic E-state index is -6.24. The molecule has 1 nitrogen and oxygen atoms in total. The Morgan fingerprint density at radius 2 is 1.17 bits per heavy atom. The van der Waals surface area contributed by atoms with E-state index in [1.165, 1.54) is 0 Å². The van der Waals surface area contributed by atoms with Crippen molar-refractivity contribution in [2.45, 2.75) is 34.8 Å². The first-order chi connectivity index (χ1) is 7.71. The summed E-state index contributed by atoms with van der Waals surface area (Å²) in [6.45, 7) is -1.20. The van der Waals surface area contributed by atoms with Crippen molar-refractivity contribution >= 4 is 34.8 Å². The molecule has 0 bridgehead atoms. The van der Waals surface area contributed by atoms with E-state index >= 15 is 0 Å². The van der Waals surface area contributed by atoms with E-state index in [0.717, 1.165) is 0 Å². The number of rotatable bonds is 4. The van der Waals surface area contributed by atoms with Gasteiger partial charge in [0.05, 0.1) is 6.61 Å². The van der Waals surface area contributed by atoms with Gasteiger partial charge >= 0.3 is 18.2 Å². The van der Waals surface area contributed by atoms with Crippen molar-refractivity contribution in [2.75, 3.05) is 6.61 Å². The molecule has 0 aliphatic carbocycles. The molecule has 0 saturated heterocycles. The van der Waals surface area contributed by atoms with Gasteiger partial charge in [0.15, 0.2) is 3.79 Å². The average molecular weight is 345 g/mol. The Morgan fingerprint density at radius 1 is 0.778 bits per heavy atom. The molecule has 0 aromatic heterocycles. The van der Waals surface area contributed by atoms with E-state index < -0.39 is 35.0 Å². The van der Waals surface area contributed by atoms with Crippen LogP contribution in [0.2, 0.25) is 0 Å². The second kappa shape index (κ2) is 5.76. The lowest BCUT2D eigenvalue weighted by molar-refractivity contribution is -0.430. The quantitative estimate of drug-likeness (QED) is 0.398. The van der Waals surface area contributed by atoms with Gasteiger partial charge in [-0.1, -0.05) is 34.8 Å². The van der Waals surface area contributed by atoms with Crippen LogP contribution < -0.4 is 0 Å². The van der Waals surface area contributed by atoms with E-state index in [9.17, 15) is 30.7 Å². The molecule has 110 valence electrons. The van der Waals surface area contributed by atoms with Crippen molar-refractivity contribution in [3.05, 3.63) is 0 Å². The second-order valence-corrected chi connectivity index (χ2v) is 5.67. The summed E-state index contributed by atoms with van der Waals surface area (Å²) < 4.78 is 86.0. The molecular formula is C7H6Cl3F7O. The smallest absolute Gasteiger partial charge is 0.332 e. The molecule has 0 amide bonds. The van der Waals surface area contributed by atoms with E-state index in [1.807, 2.05) is 0 Å². The second-order valence-electron chi connectivity index (χ2n) is 3.16. The predicted octanol–water partition coefficient (Wildman–Crippen LogP) is 4.94. The van der Waals surface area contributed by atoms with Crippen LogP contribution in [0.3, 0.4) is 0 Å². The van der Waals surface area contributed by atoms with E-state index in [2.05, 4.69) is 4.74 Å². The van der Waals surface area contributed by atoms with Gasteiger partial charge in [-0.2, -0.15) is 30.7 Å². The maximum Gasteiger partial charge on any atom is 0.458 e. The number of hydrogen-bond donors (Lipinski definition) is 0. The molecule has 0 aliphatic rings. The maximum absolute atomic E-state index is 12.9. The lowest BCUT2D eigenvalue weighted by atomic mass is 10.3. The van der Waals surface area contributed by atoms with Crippen LogP contribution in [0.15, 0.2) is 0 Å². The van der Waals surface area contributed by atoms with Gasteiger partial charge in [0, 0.05) is 0 Å². The summed E-state index contributed by atoms with van der Waals surface area (Å²) >= 11 is 15.6. The van der Waals surface area contributed by atoms with Gasteiger partial charge in [-0.15, -0.1) is 0 Å². The molecule has 0 fully saturated rings. The molecule has 11 heteroatoms. The molecule has 0 spiro atoms. The van der Waals surface area contributed by atoms with Crippen LogP contribution in [0, 0.1) is 0 Å². The molecule has 0 N–H and O–H groups in total. The number of ether oxygens (including phenoxy) is 1. The molecule has 0 rings (SSSR count). The van der Waals surface area contributed by atoms with Gasteiger partial charge < -0.3 is 4.74 Å². The van der Waals surface area contributed by atoms with Crippen molar-refractivity contribution in [3.8, 4) is 0 Å². The van der Waals surface area contributed by atoms with Gasteiger partial charge in [-0.05, 0) is 12.8 Å². The minimum absolute atomic E-state index is 0.385. The SMILES string of the molecule is FC(F)(F)C(F)(OCCCC(Cl)(Cl)Cl)C(F)(F)F. The highest BCUT2D eigenvalue weighted by Crippen LogP contribution is 2.47. The molecule has 0 atom stereocenters. The van der Waals surface area contributed by atoms with Crippen molar-refractivity contribution in [1.29, 1.82) is 0 Å². The van der Waals surface area contributed by atoms with Gasteiger partial charge in [-0.25, -0.2) is 0 Å². The highest BCUT2D eigenvalue weighted by atomic mass is 35.6.